The number of rotatable bonds is 16. The lowest BCUT2D eigenvalue weighted by Gasteiger charge is -2.04. The van der Waals surface area contributed by atoms with Gasteiger partial charge in [-0.1, -0.05) is 119 Å². The Kier molecular flexibility index (Phi) is 11.3. The number of unbranched alkanes of at least 4 members (excludes halogenated alkanes) is 9. The van der Waals surface area contributed by atoms with Crippen LogP contribution in [-0.2, 0) is 16.0 Å². The molecule has 0 aliphatic heterocycles. The van der Waals surface area contributed by atoms with Crippen LogP contribution in [0.15, 0.2) is 77.2 Å². The molecule has 3 rings (SSSR count). The van der Waals surface area contributed by atoms with E-state index in [2.05, 4.69) is 30.8 Å². The standard InChI is InChI=1S/C31H39NO3/c1-25(2)31(33)34-24-18-10-8-6-4-3-5-7-9-17-23-28-32-29(26-19-13-11-14-20-26)30(35-28)27-21-15-12-16-22-27/h11-16,19-22H,1,3-10,17-18,23-24H2,2H3. The first-order valence-corrected chi connectivity index (χ1v) is 13.1. The summed E-state index contributed by atoms with van der Waals surface area (Å²) in [5.74, 6) is 1.42. The predicted molar refractivity (Wildman–Crippen MR) is 143 cm³/mol. The maximum absolute atomic E-state index is 11.3. The molecule has 0 saturated heterocycles. The minimum absolute atomic E-state index is 0.277. The van der Waals surface area contributed by atoms with E-state index in [1.165, 1.54) is 44.9 Å². The van der Waals surface area contributed by atoms with Gasteiger partial charge in [-0.2, -0.15) is 0 Å². The number of hydrogen-bond acceptors (Lipinski definition) is 4. The Balaban J connectivity index is 1.30. The molecule has 0 atom stereocenters. The van der Waals surface area contributed by atoms with Crippen LogP contribution in [0.3, 0.4) is 0 Å². The average Bonchev–Trinajstić information content (AvgIpc) is 3.32. The summed E-state index contributed by atoms with van der Waals surface area (Å²) in [5, 5.41) is 0. The molecule has 0 aliphatic rings. The van der Waals surface area contributed by atoms with E-state index in [1.54, 1.807) is 6.92 Å². The molecule has 1 aromatic heterocycles. The number of nitrogens with zero attached hydrogens (tertiary/aromatic N) is 1. The fraction of sp³-hybridized carbons (Fsp3) is 0.419. The SMILES string of the molecule is C=C(C)C(=O)OCCCCCCCCCCCCc1nc(-c2ccccc2)c(-c2ccccc2)o1. The number of aromatic nitrogens is 1. The number of oxazole rings is 1. The molecule has 3 aromatic rings. The first-order valence-electron chi connectivity index (χ1n) is 13.1. The number of ether oxygens (including phenoxy) is 1. The normalized spacial score (nSPS) is 10.9. The van der Waals surface area contributed by atoms with Crippen molar-refractivity contribution in [2.75, 3.05) is 6.61 Å². The maximum Gasteiger partial charge on any atom is 0.333 e. The van der Waals surface area contributed by atoms with E-state index in [1.807, 2.05) is 36.4 Å². The van der Waals surface area contributed by atoms with E-state index in [-0.39, 0.29) is 5.97 Å². The van der Waals surface area contributed by atoms with E-state index in [0.29, 0.717) is 12.2 Å². The summed E-state index contributed by atoms with van der Waals surface area (Å²) in [6.45, 7) is 5.78. The number of aryl methyl sites for hydroxylation is 1. The Morgan fingerprint density at radius 2 is 1.29 bits per heavy atom. The number of esters is 1. The molecule has 35 heavy (non-hydrogen) atoms. The summed E-state index contributed by atoms with van der Waals surface area (Å²) >= 11 is 0. The van der Waals surface area contributed by atoms with Crippen LogP contribution in [0.2, 0.25) is 0 Å². The molecule has 0 aliphatic carbocycles. The molecular weight excluding hydrogens is 434 g/mol. The fourth-order valence-corrected chi connectivity index (χ4v) is 4.13. The molecule has 0 unspecified atom stereocenters. The number of carbonyl (C=O) groups is 1. The van der Waals surface area contributed by atoms with Crippen molar-refractivity contribution in [2.45, 2.75) is 77.6 Å². The van der Waals surface area contributed by atoms with Gasteiger partial charge in [0.25, 0.3) is 0 Å². The van der Waals surface area contributed by atoms with Crippen LogP contribution in [0.5, 0.6) is 0 Å². The van der Waals surface area contributed by atoms with E-state index in [0.717, 1.165) is 54.2 Å². The Morgan fingerprint density at radius 3 is 1.86 bits per heavy atom. The summed E-state index contributed by atoms with van der Waals surface area (Å²) in [4.78, 5) is 16.2. The Bertz CT molecular complexity index is 967. The van der Waals surface area contributed by atoms with Gasteiger partial charge in [0.2, 0.25) is 0 Å². The van der Waals surface area contributed by atoms with Crippen LogP contribution in [0.25, 0.3) is 22.6 Å². The maximum atomic E-state index is 11.3. The summed E-state index contributed by atoms with van der Waals surface area (Å²) < 4.78 is 11.4. The third-order valence-corrected chi connectivity index (χ3v) is 6.12. The van der Waals surface area contributed by atoms with E-state index in [9.17, 15) is 4.79 Å². The van der Waals surface area contributed by atoms with Crippen molar-refractivity contribution in [1.82, 2.24) is 4.98 Å². The molecule has 0 fully saturated rings. The minimum atomic E-state index is -0.277. The minimum Gasteiger partial charge on any atom is -0.462 e. The van der Waals surface area contributed by atoms with Gasteiger partial charge in [0.1, 0.15) is 5.69 Å². The molecule has 0 saturated carbocycles. The summed E-state index contributed by atoms with van der Waals surface area (Å²) in [5.41, 5.74) is 3.56. The molecule has 4 heteroatoms. The highest BCUT2D eigenvalue weighted by molar-refractivity contribution is 5.86. The molecule has 0 spiro atoms. The third-order valence-electron chi connectivity index (χ3n) is 6.12. The lowest BCUT2D eigenvalue weighted by atomic mass is 10.1. The van der Waals surface area contributed by atoms with Crippen molar-refractivity contribution in [2.24, 2.45) is 0 Å². The largest absolute Gasteiger partial charge is 0.462 e. The second-order valence-electron chi connectivity index (χ2n) is 9.22. The van der Waals surface area contributed by atoms with Gasteiger partial charge in [-0.3, -0.25) is 0 Å². The zero-order chi connectivity index (χ0) is 24.7. The molecule has 0 radical (unpaired) electrons. The van der Waals surface area contributed by atoms with E-state index < -0.39 is 0 Å². The van der Waals surface area contributed by atoms with Gasteiger partial charge in [-0.25, -0.2) is 9.78 Å². The van der Waals surface area contributed by atoms with Crippen LogP contribution in [0.1, 0.15) is 77.0 Å². The fourth-order valence-electron chi connectivity index (χ4n) is 4.13. The summed E-state index contributed by atoms with van der Waals surface area (Å²) in [6.07, 6.45) is 12.8. The first-order chi connectivity index (χ1) is 17.1. The van der Waals surface area contributed by atoms with Crippen LogP contribution < -0.4 is 0 Å². The van der Waals surface area contributed by atoms with Gasteiger partial charge in [0.15, 0.2) is 11.7 Å². The van der Waals surface area contributed by atoms with Crippen molar-refractivity contribution in [3.05, 3.63) is 78.7 Å². The molecule has 1 heterocycles. The van der Waals surface area contributed by atoms with Crippen LogP contribution in [0.4, 0.5) is 0 Å². The summed E-state index contributed by atoms with van der Waals surface area (Å²) in [7, 11) is 0. The molecule has 4 nitrogen and oxygen atoms in total. The second kappa shape index (κ2) is 15.0. The van der Waals surface area contributed by atoms with Gasteiger partial charge in [-0.15, -0.1) is 0 Å². The van der Waals surface area contributed by atoms with Crippen molar-refractivity contribution < 1.29 is 13.9 Å². The van der Waals surface area contributed by atoms with Crippen LogP contribution in [0, 0.1) is 0 Å². The monoisotopic (exact) mass is 473 g/mol. The topological polar surface area (TPSA) is 52.3 Å². The van der Waals surface area contributed by atoms with E-state index >= 15 is 0 Å². The van der Waals surface area contributed by atoms with Crippen LogP contribution >= 0.6 is 0 Å². The molecule has 0 amide bonds. The Labute approximate surface area is 210 Å². The number of benzene rings is 2. The van der Waals surface area contributed by atoms with Crippen LogP contribution in [-0.4, -0.2) is 17.6 Å². The molecule has 2 aromatic carbocycles. The van der Waals surface area contributed by atoms with Gasteiger partial charge in [-0.05, 0) is 19.8 Å². The zero-order valence-electron chi connectivity index (χ0n) is 21.1. The lowest BCUT2D eigenvalue weighted by Crippen LogP contribution is -2.05. The third kappa shape index (κ3) is 9.20. The van der Waals surface area contributed by atoms with Gasteiger partial charge < -0.3 is 9.15 Å². The van der Waals surface area contributed by atoms with Gasteiger partial charge in [0.05, 0.1) is 6.61 Å². The van der Waals surface area contributed by atoms with Crippen molar-refractivity contribution in [3.8, 4) is 22.6 Å². The predicted octanol–water partition coefficient (Wildman–Crippen LogP) is 8.57. The summed E-state index contributed by atoms with van der Waals surface area (Å²) in [6, 6.07) is 20.5. The Hall–Kier alpha value is -3.14. The quantitative estimate of drug-likeness (QED) is 0.119. The lowest BCUT2D eigenvalue weighted by molar-refractivity contribution is -0.139. The molecule has 186 valence electrons. The van der Waals surface area contributed by atoms with E-state index in [4.69, 9.17) is 14.1 Å². The number of carbonyl (C=O) groups excluding carboxylic acids is 1. The zero-order valence-corrected chi connectivity index (χ0v) is 21.1. The highest BCUT2D eigenvalue weighted by Gasteiger charge is 2.16. The van der Waals surface area contributed by atoms with Crippen molar-refractivity contribution in [1.29, 1.82) is 0 Å². The number of hydrogen-bond donors (Lipinski definition) is 0. The average molecular weight is 474 g/mol. The smallest absolute Gasteiger partial charge is 0.333 e. The highest BCUT2D eigenvalue weighted by atomic mass is 16.5. The first kappa shape index (κ1) is 26.5. The second-order valence-corrected chi connectivity index (χ2v) is 9.22. The van der Waals surface area contributed by atoms with Gasteiger partial charge in [0, 0.05) is 23.1 Å². The molecular formula is C31H39NO3. The van der Waals surface area contributed by atoms with Crippen molar-refractivity contribution >= 4 is 5.97 Å². The molecule has 0 N–H and O–H groups in total. The molecule has 0 bridgehead atoms. The van der Waals surface area contributed by atoms with Gasteiger partial charge >= 0.3 is 5.97 Å². The Morgan fingerprint density at radius 1 is 0.771 bits per heavy atom. The highest BCUT2D eigenvalue weighted by Crippen LogP contribution is 2.33. The van der Waals surface area contributed by atoms with Crippen molar-refractivity contribution in [3.63, 3.8) is 0 Å².